The summed E-state index contributed by atoms with van der Waals surface area (Å²) in [4.78, 5) is 77.7. The molecule has 0 fully saturated rings. The molecule has 4 N–H and O–H groups in total. The quantitative estimate of drug-likeness (QED) is 0.0761. The van der Waals surface area contributed by atoms with Crippen molar-refractivity contribution in [3.8, 4) is 11.4 Å². The van der Waals surface area contributed by atoms with E-state index >= 15 is 4.39 Å². The Morgan fingerprint density at radius 2 is 1.89 bits per heavy atom. The first kappa shape index (κ1) is 40.7. The zero-order valence-corrected chi connectivity index (χ0v) is 32.1. The minimum atomic E-state index is -5.71. The van der Waals surface area contributed by atoms with Crippen molar-refractivity contribution >= 4 is 44.3 Å². The van der Waals surface area contributed by atoms with Gasteiger partial charge in [-0.3, -0.25) is 23.4 Å². The Bertz CT molecular complexity index is 2250. The van der Waals surface area contributed by atoms with Gasteiger partial charge in [-0.15, -0.1) is 0 Å². The largest absolute Gasteiger partial charge is 0.482 e. The lowest BCUT2D eigenvalue weighted by Crippen LogP contribution is -2.46. The number of alkyl halides is 1. The molecule has 21 heteroatoms. The monoisotopic (exact) mass is 812 g/mol. The normalized spacial score (nSPS) is 21.1. The summed E-state index contributed by atoms with van der Waals surface area (Å²) in [6.45, 7) is 4.44. The number of amides is 2. The number of carbonyl (C=O) groups is 3. The molecule has 298 valence electrons. The fraction of sp³-hybridized carbons (Fsp3) is 0.500. The van der Waals surface area contributed by atoms with Crippen molar-refractivity contribution in [3.63, 3.8) is 0 Å². The minimum Gasteiger partial charge on any atom is -0.458 e. The standard InChI is InChI=1S/C34H40F2N4O13P2/c1-5-10-49-16-27(41)37-9-11-51-54(45,46)53-55(47,48)52-34(6-2)22-12-26-30-20(14-40(26)32(43)21(22)15-50-33(34)44)29-24(39-31(42)18(4)35)8-7-19-17(3)23(36)13-25(38-30)28(19)29/h12-13,18,24H,5-11,14-16H2,1-4H3,(H,37,41)(H,39,42)(H,45,46)(H,47,48)/t18?,24-,34-/m0/s1. The topological polar surface area (TPSA) is 231 Å². The van der Waals surface area contributed by atoms with Crippen LogP contribution in [0.15, 0.2) is 16.9 Å². The molecule has 2 aromatic heterocycles. The smallest absolute Gasteiger partial charge is 0.458 e. The van der Waals surface area contributed by atoms with E-state index in [1.807, 2.05) is 6.92 Å². The molecule has 1 aliphatic carbocycles. The van der Waals surface area contributed by atoms with E-state index in [1.54, 1.807) is 6.92 Å². The lowest BCUT2D eigenvalue weighted by atomic mass is 9.81. The summed E-state index contributed by atoms with van der Waals surface area (Å²) in [5.41, 5.74) is -1.04. The Morgan fingerprint density at radius 1 is 1.15 bits per heavy atom. The van der Waals surface area contributed by atoms with Crippen LogP contribution in [0.2, 0.25) is 0 Å². The Morgan fingerprint density at radius 3 is 2.58 bits per heavy atom. The molecule has 0 radical (unpaired) electrons. The summed E-state index contributed by atoms with van der Waals surface area (Å²) >= 11 is 0. The third-order valence-corrected chi connectivity index (χ3v) is 12.5. The zero-order chi connectivity index (χ0) is 40.0. The molecule has 3 aromatic rings. The van der Waals surface area contributed by atoms with Crippen LogP contribution in [-0.4, -0.2) is 69.7 Å². The number of hydrogen-bond donors (Lipinski definition) is 4. The molecule has 3 aliphatic rings. The van der Waals surface area contributed by atoms with Crippen molar-refractivity contribution in [2.75, 3.05) is 26.4 Å². The molecule has 0 spiro atoms. The van der Waals surface area contributed by atoms with E-state index in [0.29, 0.717) is 53.5 Å². The van der Waals surface area contributed by atoms with Gasteiger partial charge in [0.25, 0.3) is 11.5 Å². The molecule has 0 saturated carbocycles. The number of carbonyl (C=O) groups excluding carboxylic acids is 3. The first-order valence-corrected chi connectivity index (χ1v) is 20.5. The molecule has 0 bridgehead atoms. The van der Waals surface area contributed by atoms with E-state index in [2.05, 4.69) is 14.9 Å². The highest BCUT2D eigenvalue weighted by molar-refractivity contribution is 7.61. The van der Waals surface area contributed by atoms with Gasteiger partial charge < -0.3 is 34.5 Å². The van der Waals surface area contributed by atoms with Gasteiger partial charge >= 0.3 is 21.6 Å². The number of hydrogen-bond acceptors (Lipinski definition) is 12. The number of aromatic nitrogens is 2. The minimum absolute atomic E-state index is 0.0880. The van der Waals surface area contributed by atoms with Crippen LogP contribution in [0.25, 0.3) is 22.3 Å². The van der Waals surface area contributed by atoms with Gasteiger partial charge in [0.15, 0.2) is 6.17 Å². The van der Waals surface area contributed by atoms with Crippen LogP contribution in [0.1, 0.15) is 79.5 Å². The van der Waals surface area contributed by atoms with Crippen LogP contribution in [0.4, 0.5) is 8.78 Å². The van der Waals surface area contributed by atoms with Gasteiger partial charge in [0.05, 0.1) is 41.7 Å². The summed E-state index contributed by atoms with van der Waals surface area (Å²) in [6.07, 6.45) is -0.926. The van der Waals surface area contributed by atoms with E-state index in [0.717, 1.165) is 6.92 Å². The van der Waals surface area contributed by atoms with Crippen LogP contribution in [0, 0.1) is 12.7 Å². The second-order valence-corrected chi connectivity index (χ2v) is 16.3. The van der Waals surface area contributed by atoms with Gasteiger partial charge in [0.2, 0.25) is 11.5 Å². The number of esters is 1. The number of pyridine rings is 2. The van der Waals surface area contributed by atoms with E-state index < -0.39 is 82.3 Å². The fourth-order valence-corrected chi connectivity index (χ4v) is 9.59. The summed E-state index contributed by atoms with van der Waals surface area (Å²) in [5.74, 6) is -3.15. The SMILES string of the molecule is CCCOCC(=O)NCCOP(=O)(O)OP(=O)(O)O[C@]1(CC)C(=O)OCc2c1cc1n(c2=O)Cc2c-1nc1cc(F)c(C)c3c1c2[C@@H](NC(=O)C(C)F)CC3. The number of halogens is 2. The molecule has 2 amide bonds. The van der Waals surface area contributed by atoms with Gasteiger partial charge in [-0.2, -0.15) is 4.31 Å². The number of aryl methyl sites for hydroxylation is 1. The zero-order valence-electron chi connectivity index (χ0n) is 30.3. The first-order chi connectivity index (χ1) is 25.9. The number of nitrogens with one attached hydrogen (secondary N) is 2. The van der Waals surface area contributed by atoms with Gasteiger partial charge in [0.1, 0.15) is 19.0 Å². The molecule has 55 heavy (non-hydrogen) atoms. The maximum Gasteiger partial charge on any atom is 0.482 e. The van der Waals surface area contributed by atoms with Crippen LogP contribution in [0.3, 0.4) is 0 Å². The first-order valence-electron chi connectivity index (χ1n) is 17.5. The van der Waals surface area contributed by atoms with Gasteiger partial charge in [-0.25, -0.2) is 27.7 Å². The lowest BCUT2D eigenvalue weighted by Gasteiger charge is -2.36. The van der Waals surface area contributed by atoms with Crippen LogP contribution >= 0.6 is 15.6 Å². The predicted molar refractivity (Wildman–Crippen MR) is 189 cm³/mol. The molecule has 1 aromatic carbocycles. The average Bonchev–Trinajstić information content (AvgIpc) is 3.49. The average molecular weight is 813 g/mol. The molecule has 17 nitrogen and oxygen atoms in total. The number of benzene rings is 1. The second-order valence-electron chi connectivity index (χ2n) is 13.3. The molecule has 6 rings (SSSR count). The van der Waals surface area contributed by atoms with Crippen molar-refractivity contribution in [1.82, 2.24) is 20.2 Å². The van der Waals surface area contributed by atoms with Gasteiger partial charge in [-0.05, 0) is 62.3 Å². The molecule has 2 aliphatic heterocycles. The van der Waals surface area contributed by atoms with E-state index in [1.165, 1.54) is 23.6 Å². The Kier molecular flexibility index (Phi) is 11.5. The third-order valence-electron chi connectivity index (χ3n) is 9.76. The van der Waals surface area contributed by atoms with Crippen molar-refractivity contribution in [2.45, 2.75) is 84.3 Å². The van der Waals surface area contributed by atoms with E-state index in [9.17, 15) is 42.5 Å². The van der Waals surface area contributed by atoms with Crippen LogP contribution in [-0.2, 0) is 71.5 Å². The summed E-state index contributed by atoms with van der Waals surface area (Å²) in [7, 11) is -11.1. The summed E-state index contributed by atoms with van der Waals surface area (Å²) < 4.78 is 81.6. The Balaban J connectivity index is 1.36. The number of phosphoric ester groups is 2. The van der Waals surface area contributed by atoms with E-state index in [4.69, 9.17) is 23.5 Å². The van der Waals surface area contributed by atoms with Gasteiger partial charge in [0, 0.05) is 35.7 Å². The number of ether oxygens (including phenoxy) is 2. The third kappa shape index (κ3) is 7.76. The molecule has 4 heterocycles. The van der Waals surface area contributed by atoms with Crippen molar-refractivity contribution in [1.29, 1.82) is 0 Å². The molecular weight excluding hydrogens is 772 g/mol. The molecular formula is C34H40F2N4O13P2. The highest BCUT2D eigenvalue weighted by atomic mass is 31.3. The predicted octanol–water partition coefficient (Wildman–Crippen LogP) is 3.79. The number of cyclic esters (lactones) is 1. The highest BCUT2D eigenvalue weighted by Gasteiger charge is 2.54. The Labute approximate surface area is 312 Å². The van der Waals surface area contributed by atoms with Crippen molar-refractivity contribution in [3.05, 3.63) is 61.7 Å². The lowest BCUT2D eigenvalue weighted by molar-refractivity contribution is -0.170. The molecule has 0 saturated heterocycles. The van der Waals surface area contributed by atoms with Crippen molar-refractivity contribution in [2.24, 2.45) is 0 Å². The number of nitrogens with zero attached hydrogens (tertiary/aromatic N) is 2. The maximum absolute atomic E-state index is 15.2. The van der Waals surface area contributed by atoms with Crippen LogP contribution in [0.5, 0.6) is 0 Å². The second kappa shape index (κ2) is 15.5. The fourth-order valence-electron chi connectivity index (χ4n) is 7.20. The molecule has 5 atom stereocenters. The number of fused-ring (bicyclic) bond motifs is 5. The maximum atomic E-state index is 15.2. The Hall–Kier alpha value is -3.93. The summed E-state index contributed by atoms with van der Waals surface area (Å²) in [6, 6.07) is 1.83. The molecule has 3 unspecified atom stereocenters. The van der Waals surface area contributed by atoms with Crippen molar-refractivity contribution < 1.29 is 64.9 Å². The summed E-state index contributed by atoms with van der Waals surface area (Å²) in [5, 5.41) is 5.65. The van der Waals surface area contributed by atoms with Crippen LogP contribution < -0.4 is 16.2 Å². The van der Waals surface area contributed by atoms with Gasteiger partial charge in [-0.1, -0.05) is 13.8 Å². The van der Waals surface area contributed by atoms with E-state index in [-0.39, 0.29) is 47.7 Å². The number of phosphoric acid groups is 2. The number of rotatable bonds is 15. The highest BCUT2D eigenvalue weighted by Crippen LogP contribution is 2.64.